The molecule has 18 heavy (non-hydrogen) atoms. The maximum absolute atomic E-state index is 4.45. The minimum atomic E-state index is 0.534. The Hall–Kier alpha value is -1.36. The van der Waals surface area contributed by atoms with E-state index in [-0.39, 0.29) is 0 Å². The van der Waals surface area contributed by atoms with E-state index in [4.69, 9.17) is 0 Å². The second-order valence-electron chi connectivity index (χ2n) is 4.54. The normalized spacial score (nSPS) is 17.1. The van der Waals surface area contributed by atoms with Gasteiger partial charge in [-0.2, -0.15) is 5.10 Å². The fraction of sp³-hybridized carbons (Fsp3) is 0.385. The standard InChI is InChI=1S/C13H15BrN4/c14-11-2-3-13(15-10-11)17-8-4-12(5-9-17)18-7-1-6-16-18/h1-3,6-7,10,12H,4-5,8-9H2. The molecule has 1 saturated heterocycles. The highest BCUT2D eigenvalue weighted by atomic mass is 79.9. The summed E-state index contributed by atoms with van der Waals surface area (Å²) in [6, 6.07) is 6.63. The maximum atomic E-state index is 4.45. The smallest absolute Gasteiger partial charge is 0.128 e. The second-order valence-corrected chi connectivity index (χ2v) is 5.45. The monoisotopic (exact) mass is 306 g/mol. The Bertz CT molecular complexity index is 486. The van der Waals surface area contributed by atoms with E-state index >= 15 is 0 Å². The lowest BCUT2D eigenvalue weighted by molar-refractivity contribution is 0.366. The lowest BCUT2D eigenvalue weighted by Gasteiger charge is -2.32. The third-order valence-electron chi connectivity index (χ3n) is 3.40. The van der Waals surface area contributed by atoms with Crippen LogP contribution in [0.5, 0.6) is 0 Å². The molecule has 5 heteroatoms. The minimum Gasteiger partial charge on any atom is -0.356 e. The number of hydrogen-bond donors (Lipinski definition) is 0. The van der Waals surface area contributed by atoms with Crippen molar-refractivity contribution in [1.29, 1.82) is 0 Å². The van der Waals surface area contributed by atoms with Crippen LogP contribution in [0.2, 0.25) is 0 Å². The average Bonchev–Trinajstić information content (AvgIpc) is 2.94. The number of rotatable bonds is 2. The summed E-state index contributed by atoms with van der Waals surface area (Å²) in [4.78, 5) is 6.79. The van der Waals surface area contributed by atoms with E-state index in [1.807, 2.05) is 24.5 Å². The summed E-state index contributed by atoms with van der Waals surface area (Å²) in [6.45, 7) is 2.08. The molecule has 0 amide bonds. The fourth-order valence-electron chi connectivity index (χ4n) is 2.41. The number of aromatic nitrogens is 3. The lowest BCUT2D eigenvalue weighted by atomic mass is 10.1. The number of pyridine rings is 1. The first kappa shape index (κ1) is 11.7. The summed E-state index contributed by atoms with van der Waals surface area (Å²) in [5.41, 5.74) is 0. The third-order valence-corrected chi connectivity index (χ3v) is 3.87. The quantitative estimate of drug-likeness (QED) is 0.855. The molecule has 0 saturated carbocycles. The molecule has 0 radical (unpaired) electrons. The van der Waals surface area contributed by atoms with Crippen LogP contribution in [0.3, 0.4) is 0 Å². The first-order valence-electron chi connectivity index (χ1n) is 6.18. The van der Waals surface area contributed by atoms with Crippen LogP contribution in [-0.4, -0.2) is 27.9 Å². The molecule has 3 rings (SSSR count). The van der Waals surface area contributed by atoms with E-state index in [9.17, 15) is 0 Å². The van der Waals surface area contributed by atoms with Crippen LogP contribution in [0.15, 0.2) is 41.3 Å². The van der Waals surface area contributed by atoms with Crippen molar-refractivity contribution in [1.82, 2.24) is 14.8 Å². The van der Waals surface area contributed by atoms with Gasteiger partial charge in [0.05, 0.1) is 6.04 Å². The number of hydrogen-bond acceptors (Lipinski definition) is 3. The van der Waals surface area contributed by atoms with Gasteiger partial charge in [0.2, 0.25) is 0 Å². The van der Waals surface area contributed by atoms with Crippen LogP contribution in [0, 0.1) is 0 Å². The minimum absolute atomic E-state index is 0.534. The molecule has 3 heterocycles. The lowest BCUT2D eigenvalue weighted by Crippen LogP contribution is -2.35. The summed E-state index contributed by atoms with van der Waals surface area (Å²) >= 11 is 3.41. The van der Waals surface area contributed by atoms with Crippen molar-refractivity contribution in [2.75, 3.05) is 18.0 Å². The molecule has 1 aliphatic rings. The van der Waals surface area contributed by atoms with Crippen LogP contribution in [0.4, 0.5) is 5.82 Å². The van der Waals surface area contributed by atoms with Crippen molar-refractivity contribution in [3.8, 4) is 0 Å². The summed E-state index contributed by atoms with van der Waals surface area (Å²) in [6.07, 6.45) is 8.01. The Kier molecular flexibility index (Phi) is 3.32. The molecule has 0 N–H and O–H groups in total. The van der Waals surface area contributed by atoms with Gasteiger partial charge in [-0.25, -0.2) is 4.98 Å². The van der Waals surface area contributed by atoms with Crippen molar-refractivity contribution >= 4 is 21.7 Å². The Labute approximate surface area is 115 Å². The van der Waals surface area contributed by atoms with Gasteiger partial charge >= 0.3 is 0 Å². The van der Waals surface area contributed by atoms with Gasteiger partial charge in [0, 0.05) is 36.2 Å². The zero-order chi connectivity index (χ0) is 12.4. The van der Waals surface area contributed by atoms with Gasteiger partial charge in [0.15, 0.2) is 0 Å². The molecular formula is C13H15BrN4. The summed E-state index contributed by atoms with van der Waals surface area (Å²) in [5.74, 6) is 1.07. The highest BCUT2D eigenvalue weighted by Crippen LogP contribution is 2.25. The Morgan fingerprint density at radius 2 is 2.06 bits per heavy atom. The summed E-state index contributed by atoms with van der Waals surface area (Å²) < 4.78 is 3.10. The topological polar surface area (TPSA) is 34.0 Å². The molecule has 0 aromatic carbocycles. The first-order chi connectivity index (χ1) is 8.83. The second kappa shape index (κ2) is 5.10. The van der Waals surface area contributed by atoms with Crippen LogP contribution >= 0.6 is 15.9 Å². The molecule has 0 bridgehead atoms. The van der Waals surface area contributed by atoms with Gasteiger partial charge in [-0.1, -0.05) is 0 Å². The van der Waals surface area contributed by atoms with Crippen molar-refractivity contribution in [2.45, 2.75) is 18.9 Å². The van der Waals surface area contributed by atoms with Gasteiger partial charge in [-0.05, 0) is 47.0 Å². The molecule has 1 aliphatic heterocycles. The van der Waals surface area contributed by atoms with E-state index < -0.39 is 0 Å². The van der Waals surface area contributed by atoms with Gasteiger partial charge in [-0.3, -0.25) is 4.68 Å². The molecule has 0 atom stereocenters. The molecular weight excluding hydrogens is 292 g/mol. The van der Waals surface area contributed by atoms with Crippen LogP contribution in [0.25, 0.3) is 0 Å². The third kappa shape index (κ3) is 2.41. The Morgan fingerprint density at radius 3 is 2.67 bits per heavy atom. The zero-order valence-corrected chi connectivity index (χ0v) is 11.6. The molecule has 1 fully saturated rings. The van der Waals surface area contributed by atoms with E-state index in [1.54, 1.807) is 0 Å². The zero-order valence-electron chi connectivity index (χ0n) is 10.0. The fourth-order valence-corrected chi connectivity index (χ4v) is 2.65. The van der Waals surface area contributed by atoms with E-state index in [0.717, 1.165) is 36.2 Å². The Morgan fingerprint density at radius 1 is 1.22 bits per heavy atom. The Balaban J connectivity index is 1.65. The van der Waals surface area contributed by atoms with Crippen molar-refractivity contribution in [3.63, 3.8) is 0 Å². The highest BCUT2D eigenvalue weighted by Gasteiger charge is 2.21. The van der Waals surface area contributed by atoms with Gasteiger partial charge in [0.1, 0.15) is 5.82 Å². The molecule has 0 aliphatic carbocycles. The number of nitrogens with zero attached hydrogens (tertiary/aromatic N) is 4. The molecule has 0 spiro atoms. The molecule has 4 nitrogen and oxygen atoms in total. The average molecular weight is 307 g/mol. The van der Waals surface area contributed by atoms with Crippen molar-refractivity contribution in [2.24, 2.45) is 0 Å². The van der Waals surface area contributed by atoms with E-state index in [0.29, 0.717) is 6.04 Å². The molecule has 2 aromatic rings. The highest BCUT2D eigenvalue weighted by molar-refractivity contribution is 9.10. The van der Waals surface area contributed by atoms with E-state index in [1.165, 1.54) is 0 Å². The predicted octanol–water partition coefficient (Wildman–Crippen LogP) is 2.88. The first-order valence-corrected chi connectivity index (χ1v) is 6.98. The van der Waals surface area contributed by atoms with Gasteiger partial charge in [-0.15, -0.1) is 0 Å². The van der Waals surface area contributed by atoms with Crippen molar-refractivity contribution < 1.29 is 0 Å². The van der Waals surface area contributed by atoms with E-state index in [2.05, 4.69) is 47.9 Å². The SMILES string of the molecule is Brc1ccc(N2CCC(n3cccn3)CC2)nc1. The molecule has 0 unspecified atom stereocenters. The summed E-state index contributed by atoms with van der Waals surface area (Å²) in [7, 11) is 0. The number of anilines is 1. The molecule has 94 valence electrons. The molecule has 2 aromatic heterocycles. The predicted molar refractivity (Wildman–Crippen MR) is 74.6 cm³/mol. The van der Waals surface area contributed by atoms with Crippen LogP contribution in [-0.2, 0) is 0 Å². The van der Waals surface area contributed by atoms with Crippen molar-refractivity contribution in [3.05, 3.63) is 41.3 Å². The van der Waals surface area contributed by atoms with Crippen LogP contribution in [0.1, 0.15) is 18.9 Å². The number of piperidine rings is 1. The largest absolute Gasteiger partial charge is 0.356 e. The van der Waals surface area contributed by atoms with Crippen LogP contribution < -0.4 is 4.90 Å². The van der Waals surface area contributed by atoms with Gasteiger partial charge in [0.25, 0.3) is 0 Å². The maximum Gasteiger partial charge on any atom is 0.128 e. The van der Waals surface area contributed by atoms with Gasteiger partial charge < -0.3 is 4.90 Å². The number of halogens is 1. The summed E-state index contributed by atoms with van der Waals surface area (Å²) in [5, 5.41) is 4.33.